The second kappa shape index (κ2) is 7.99. The molecule has 3 rings (SSSR count). The first-order valence-corrected chi connectivity index (χ1v) is 9.59. The fourth-order valence-electron chi connectivity index (χ4n) is 3.46. The highest BCUT2D eigenvalue weighted by Crippen LogP contribution is 2.36. The fraction of sp³-hybridized carbons (Fsp3) is 0.455. The Kier molecular flexibility index (Phi) is 5.68. The Bertz CT molecular complexity index is 813. The van der Waals surface area contributed by atoms with Gasteiger partial charge in [-0.25, -0.2) is 0 Å². The van der Waals surface area contributed by atoms with Crippen molar-refractivity contribution in [1.82, 2.24) is 9.88 Å². The summed E-state index contributed by atoms with van der Waals surface area (Å²) in [6.07, 6.45) is 2.56. The lowest BCUT2D eigenvalue weighted by Gasteiger charge is -2.48. The van der Waals surface area contributed by atoms with E-state index in [1.165, 1.54) is 5.56 Å². The van der Waals surface area contributed by atoms with Crippen LogP contribution in [0.1, 0.15) is 48.8 Å². The number of benzene rings is 1. The smallest absolute Gasteiger partial charge is 0.272 e. The molecule has 0 bridgehead atoms. The summed E-state index contributed by atoms with van der Waals surface area (Å²) >= 11 is 0. The van der Waals surface area contributed by atoms with E-state index in [2.05, 4.69) is 37.9 Å². The van der Waals surface area contributed by atoms with Crippen molar-refractivity contribution in [3.8, 4) is 11.5 Å². The van der Waals surface area contributed by atoms with Crippen molar-refractivity contribution in [2.45, 2.75) is 39.5 Å². The van der Waals surface area contributed by atoms with E-state index in [0.717, 1.165) is 17.7 Å². The normalized spacial score (nSPS) is 15.2. The average Bonchev–Trinajstić information content (AvgIpc) is 2.65. The lowest BCUT2D eigenvalue weighted by molar-refractivity contribution is 0.0427. The summed E-state index contributed by atoms with van der Waals surface area (Å²) in [4.78, 5) is 18.8. The van der Waals surface area contributed by atoms with Gasteiger partial charge in [-0.2, -0.15) is 0 Å². The van der Waals surface area contributed by atoms with Crippen LogP contribution < -0.4 is 9.47 Å². The number of hydrogen-bond donors (Lipinski definition) is 0. The number of hydrogen-bond acceptors (Lipinski definition) is 4. The number of aryl methyl sites for hydroxylation is 1. The van der Waals surface area contributed by atoms with E-state index in [1.807, 2.05) is 17.9 Å². The molecule has 0 radical (unpaired) electrons. The molecule has 27 heavy (non-hydrogen) atoms. The third-order valence-corrected chi connectivity index (χ3v) is 4.96. The zero-order chi connectivity index (χ0) is 19.4. The first-order valence-electron chi connectivity index (χ1n) is 9.59. The van der Waals surface area contributed by atoms with Gasteiger partial charge in [-0.3, -0.25) is 9.78 Å². The van der Waals surface area contributed by atoms with E-state index in [9.17, 15) is 4.79 Å². The van der Waals surface area contributed by atoms with Gasteiger partial charge in [-0.1, -0.05) is 26.0 Å². The summed E-state index contributed by atoms with van der Waals surface area (Å²) in [7, 11) is 0. The molecule has 1 amide bonds. The van der Waals surface area contributed by atoms with E-state index in [1.54, 1.807) is 18.3 Å². The topological polar surface area (TPSA) is 51.7 Å². The van der Waals surface area contributed by atoms with Crippen LogP contribution in [0.15, 0.2) is 36.5 Å². The number of amides is 1. The van der Waals surface area contributed by atoms with Crippen LogP contribution in [0.3, 0.4) is 0 Å². The van der Waals surface area contributed by atoms with Crippen LogP contribution in [0, 0.1) is 6.92 Å². The van der Waals surface area contributed by atoms with Crippen molar-refractivity contribution < 1.29 is 14.3 Å². The predicted molar refractivity (Wildman–Crippen MR) is 106 cm³/mol. The van der Waals surface area contributed by atoms with Crippen molar-refractivity contribution in [2.75, 3.05) is 26.3 Å². The molecule has 0 unspecified atom stereocenters. The highest BCUT2D eigenvalue weighted by atomic mass is 16.5. The minimum Gasteiger partial charge on any atom is -0.494 e. The number of aromatic nitrogens is 1. The Labute approximate surface area is 161 Å². The standard InChI is InChI=1S/C22H28N2O3/c1-5-11-27-18-9-10-23-19(13-18)21(25)24-14-22(4,15-24)17-7-8-20(26-6-2)16(3)12-17/h7-10,12-13H,5-6,11,14-15H2,1-4H3. The molecule has 1 aromatic heterocycles. The Morgan fingerprint density at radius 2 is 1.96 bits per heavy atom. The van der Waals surface area contributed by atoms with Crippen LogP contribution >= 0.6 is 0 Å². The number of carbonyl (C=O) groups is 1. The SMILES string of the molecule is CCCOc1ccnc(C(=O)N2CC(C)(c3ccc(OCC)c(C)c3)C2)c1. The molecule has 1 aliphatic rings. The number of pyridine rings is 1. The first kappa shape index (κ1) is 19.2. The third kappa shape index (κ3) is 4.07. The van der Waals surface area contributed by atoms with Crippen LogP contribution in [0.5, 0.6) is 11.5 Å². The van der Waals surface area contributed by atoms with Gasteiger partial charge in [-0.05, 0) is 43.5 Å². The maximum Gasteiger partial charge on any atom is 0.272 e. The van der Waals surface area contributed by atoms with Gasteiger partial charge in [0, 0.05) is 30.8 Å². The van der Waals surface area contributed by atoms with Gasteiger partial charge < -0.3 is 14.4 Å². The molecule has 5 heteroatoms. The molecule has 0 aliphatic carbocycles. The molecule has 0 atom stereocenters. The predicted octanol–water partition coefficient (Wildman–Crippen LogP) is 3.99. The molecular formula is C22H28N2O3. The summed E-state index contributed by atoms with van der Waals surface area (Å²) in [6.45, 7) is 11.0. The molecule has 2 heterocycles. The first-order chi connectivity index (χ1) is 13.0. The maximum absolute atomic E-state index is 12.8. The van der Waals surface area contributed by atoms with Crippen molar-refractivity contribution in [3.05, 3.63) is 53.3 Å². The zero-order valence-corrected chi connectivity index (χ0v) is 16.6. The van der Waals surface area contributed by atoms with Gasteiger partial charge in [0.2, 0.25) is 0 Å². The molecule has 5 nitrogen and oxygen atoms in total. The maximum atomic E-state index is 12.8. The second-order valence-corrected chi connectivity index (χ2v) is 7.36. The van der Waals surface area contributed by atoms with E-state index < -0.39 is 0 Å². The Morgan fingerprint density at radius 1 is 1.19 bits per heavy atom. The molecule has 1 saturated heterocycles. The monoisotopic (exact) mass is 368 g/mol. The summed E-state index contributed by atoms with van der Waals surface area (Å²) in [5.74, 6) is 1.57. The average molecular weight is 368 g/mol. The highest BCUT2D eigenvalue weighted by molar-refractivity contribution is 5.93. The number of nitrogens with zero attached hydrogens (tertiary/aromatic N) is 2. The van der Waals surface area contributed by atoms with Crippen LogP contribution in [0.2, 0.25) is 0 Å². The summed E-state index contributed by atoms with van der Waals surface area (Å²) in [5, 5.41) is 0. The van der Waals surface area contributed by atoms with Crippen molar-refractivity contribution in [2.24, 2.45) is 0 Å². The van der Waals surface area contributed by atoms with Crippen LogP contribution in [0.25, 0.3) is 0 Å². The molecule has 1 aliphatic heterocycles. The molecule has 144 valence electrons. The minimum atomic E-state index is -0.0444. The van der Waals surface area contributed by atoms with E-state index in [0.29, 0.717) is 37.7 Å². The molecule has 0 saturated carbocycles. The van der Waals surface area contributed by atoms with Gasteiger partial charge in [0.05, 0.1) is 13.2 Å². The Morgan fingerprint density at radius 3 is 2.63 bits per heavy atom. The lowest BCUT2D eigenvalue weighted by atomic mass is 9.75. The number of rotatable bonds is 7. The highest BCUT2D eigenvalue weighted by Gasteiger charge is 2.43. The van der Waals surface area contributed by atoms with Crippen molar-refractivity contribution in [1.29, 1.82) is 0 Å². The van der Waals surface area contributed by atoms with Gasteiger partial charge in [0.1, 0.15) is 17.2 Å². The minimum absolute atomic E-state index is 0.0402. The molecule has 0 spiro atoms. The summed E-state index contributed by atoms with van der Waals surface area (Å²) in [5.41, 5.74) is 2.76. The quantitative estimate of drug-likeness (QED) is 0.741. The molecular weight excluding hydrogens is 340 g/mol. The van der Waals surface area contributed by atoms with Crippen LogP contribution in [-0.2, 0) is 5.41 Å². The molecule has 1 fully saturated rings. The van der Waals surface area contributed by atoms with Crippen molar-refractivity contribution >= 4 is 5.91 Å². The second-order valence-electron chi connectivity index (χ2n) is 7.36. The largest absolute Gasteiger partial charge is 0.494 e. The number of ether oxygens (including phenoxy) is 2. The molecule has 1 aromatic carbocycles. The van der Waals surface area contributed by atoms with E-state index in [-0.39, 0.29) is 11.3 Å². The Hall–Kier alpha value is -2.56. The van der Waals surface area contributed by atoms with E-state index >= 15 is 0 Å². The van der Waals surface area contributed by atoms with Crippen molar-refractivity contribution in [3.63, 3.8) is 0 Å². The van der Waals surface area contributed by atoms with Gasteiger partial charge in [0.25, 0.3) is 5.91 Å². The zero-order valence-electron chi connectivity index (χ0n) is 16.6. The summed E-state index contributed by atoms with van der Waals surface area (Å²) in [6, 6.07) is 9.82. The lowest BCUT2D eigenvalue weighted by Crippen LogP contribution is -2.59. The summed E-state index contributed by atoms with van der Waals surface area (Å²) < 4.78 is 11.2. The van der Waals surface area contributed by atoms with Gasteiger partial charge in [-0.15, -0.1) is 0 Å². The van der Waals surface area contributed by atoms with Crippen LogP contribution in [-0.4, -0.2) is 42.1 Å². The van der Waals surface area contributed by atoms with E-state index in [4.69, 9.17) is 9.47 Å². The van der Waals surface area contributed by atoms with Gasteiger partial charge >= 0.3 is 0 Å². The Balaban J connectivity index is 1.67. The number of carbonyl (C=O) groups excluding carboxylic acids is 1. The third-order valence-electron chi connectivity index (χ3n) is 4.96. The van der Waals surface area contributed by atoms with Gasteiger partial charge in [0.15, 0.2) is 0 Å². The van der Waals surface area contributed by atoms with Crippen LogP contribution in [0.4, 0.5) is 0 Å². The fourth-order valence-corrected chi connectivity index (χ4v) is 3.46. The molecule has 0 N–H and O–H groups in total. The molecule has 2 aromatic rings. The number of likely N-dealkylation sites (tertiary alicyclic amines) is 1.